The number of nitrogens with zero attached hydrogens (tertiary/aromatic N) is 1. The predicted octanol–water partition coefficient (Wildman–Crippen LogP) is 3.76. The molecule has 0 bridgehead atoms. The predicted molar refractivity (Wildman–Crippen MR) is 81.5 cm³/mol. The van der Waals surface area contributed by atoms with Crippen molar-refractivity contribution in [3.05, 3.63) is 28.2 Å². The van der Waals surface area contributed by atoms with Gasteiger partial charge in [0.1, 0.15) is 0 Å². The van der Waals surface area contributed by atoms with Gasteiger partial charge in [-0.2, -0.15) is 0 Å². The SMILES string of the molecule is CC(C)(O)[C@@H]1CCCN1C(=O)Nc1cc(Cl)ccc1Cl. The minimum absolute atomic E-state index is 0.194. The number of carbonyl (C=O) groups is 1. The number of aliphatic hydroxyl groups is 1. The summed E-state index contributed by atoms with van der Waals surface area (Å²) in [5, 5.41) is 13.8. The first kappa shape index (κ1) is 15.4. The molecule has 0 aromatic heterocycles. The second kappa shape index (κ2) is 5.80. The molecule has 2 N–H and O–H groups in total. The first-order valence-electron chi connectivity index (χ1n) is 6.54. The molecule has 0 unspecified atom stereocenters. The van der Waals surface area contributed by atoms with Gasteiger partial charge in [0.25, 0.3) is 0 Å². The largest absolute Gasteiger partial charge is 0.388 e. The van der Waals surface area contributed by atoms with E-state index in [-0.39, 0.29) is 12.1 Å². The number of rotatable bonds is 2. The molecule has 0 spiro atoms. The van der Waals surface area contributed by atoms with Gasteiger partial charge in [-0.25, -0.2) is 4.79 Å². The highest BCUT2D eigenvalue weighted by Gasteiger charge is 2.38. The molecule has 0 aliphatic carbocycles. The molecular weight excluding hydrogens is 299 g/mol. The topological polar surface area (TPSA) is 52.6 Å². The molecule has 1 aliphatic heterocycles. The van der Waals surface area contributed by atoms with Crippen LogP contribution in [0, 0.1) is 0 Å². The van der Waals surface area contributed by atoms with E-state index in [9.17, 15) is 9.90 Å². The lowest BCUT2D eigenvalue weighted by Crippen LogP contribution is -2.49. The molecule has 1 aromatic rings. The molecule has 1 heterocycles. The summed E-state index contributed by atoms with van der Waals surface area (Å²) in [6.07, 6.45) is 1.67. The summed E-state index contributed by atoms with van der Waals surface area (Å²) in [4.78, 5) is 14.0. The van der Waals surface area contributed by atoms with Crippen molar-refractivity contribution in [2.75, 3.05) is 11.9 Å². The Bertz CT molecular complexity index is 514. The maximum Gasteiger partial charge on any atom is 0.322 e. The summed E-state index contributed by atoms with van der Waals surface area (Å²) in [6.45, 7) is 4.06. The standard InChI is InChI=1S/C14H18Cl2N2O2/c1-14(2,20)12-4-3-7-18(12)13(19)17-11-8-9(15)5-6-10(11)16/h5-6,8,12,20H,3-4,7H2,1-2H3,(H,17,19)/t12-/m0/s1. The van der Waals surface area contributed by atoms with Gasteiger partial charge in [-0.3, -0.25) is 0 Å². The number of hydrogen-bond acceptors (Lipinski definition) is 2. The van der Waals surface area contributed by atoms with Crippen LogP contribution in [0.15, 0.2) is 18.2 Å². The molecule has 1 atom stereocenters. The third-order valence-corrected chi connectivity index (χ3v) is 4.06. The fraction of sp³-hybridized carbons (Fsp3) is 0.500. The summed E-state index contributed by atoms with van der Waals surface area (Å²) in [5.41, 5.74) is -0.447. The summed E-state index contributed by atoms with van der Waals surface area (Å²) in [6, 6.07) is 4.45. The number of anilines is 1. The highest BCUT2D eigenvalue weighted by molar-refractivity contribution is 6.35. The maximum absolute atomic E-state index is 12.3. The Morgan fingerprint density at radius 1 is 1.45 bits per heavy atom. The molecule has 2 amide bonds. The smallest absolute Gasteiger partial charge is 0.322 e. The summed E-state index contributed by atoms with van der Waals surface area (Å²) < 4.78 is 0. The minimum atomic E-state index is -0.925. The van der Waals surface area contributed by atoms with E-state index in [4.69, 9.17) is 23.2 Å². The lowest BCUT2D eigenvalue weighted by molar-refractivity contribution is 0.0117. The second-order valence-corrected chi connectivity index (χ2v) is 6.40. The van der Waals surface area contributed by atoms with E-state index < -0.39 is 5.60 Å². The van der Waals surface area contributed by atoms with E-state index in [1.807, 2.05) is 0 Å². The van der Waals surface area contributed by atoms with E-state index in [1.54, 1.807) is 36.9 Å². The van der Waals surface area contributed by atoms with Crippen molar-refractivity contribution in [3.63, 3.8) is 0 Å². The molecular formula is C14H18Cl2N2O2. The number of carbonyl (C=O) groups excluding carboxylic acids is 1. The van der Waals surface area contributed by atoms with Gasteiger partial charge in [0.05, 0.1) is 22.4 Å². The zero-order valence-electron chi connectivity index (χ0n) is 11.5. The van der Waals surface area contributed by atoms with E-state index in [0.29, 0.717) is 22.3 Å². The normalized spacial score (nSPS) is 19.2. The van der Waals surface area contributed by atoms with Crippen LogP contribution in [0.1, 0.15) is 26.7 Å². The fourth-order valence-corrected chi connectivity index (χ4v) is 2.86. The zero-order chi connectivity index (χ0) is 14.9. The monoisotopic (exact) mass is 316 g/mol. The van der Waals surface area contributed by atoms with Gasteiger partial charge >= 0.3 is 6.03 Å². The van der Waals surface area contributed by atoms with Crippen molar-refractivity contribution in [1.82, 2.24) is 4.90 Å². The second-order valence-electron chi connectivity index (χ2n) is 5.56. The van der Waals surface area contributed by atoms with E-state index in [0.717, 1.165) is 12.8 Å². The Morgan fingerprint density at radius 2 is 2.15 bits per heavy atom. The van der Waals surface area contributed by atoms with Crippen LogP contribution in [-0.2, 0) is 0 Å². The molecule has 1 saturated heterocycles. The number of hydrogen-bond donors (Lipinski definition) is 2. The van der Waals surface area contributed by atoms with Gasteiger partial charge in [-0.15, -0.1) is 0 Å². The Labute approximate surface area is 128 Å². The van der Waals surface area contributed by atoms with Crippen molar-refractivity contribution in [2.45, 2.75) is 38.3 Å². The van der Waals surface area contributed by atoms with E-state index in [1.165, 1.54) is 0 Å². The quantitative estimate of drug-likeness (QED) is 0.872. The highest BCUT2D eigenvalue weighted by atomic mass is 35.5. The molecule has 0 saturated carbocycles. The van der Waals surface area contributed by atoms with Crippen molar-refractivity contribution in [2.24, 2.45) is 0 Å². The number of urea groups is 1. The average molecular weight is 317 g/mol. The lowest BCUT2D eigenvalue weighted by Gasteiger charge is -2.33. The Morgan fingerprint density at radius 3 is 2.80 bits per heavy atom. The summed E-state index contributed by atoms with van der Waals surface area (Å²) in [5.74, 6) is 0. The number of amides is 2. The van der Waals surface area contributed by atoms with Gasteiger partial charge < -0.3 is 15.3 Å². The van der Waals surface area contributed by atoms with Gasteiger partial charge in [0, 0.05) is 11.6 Å². The molecule has 4 nitrogen and oxygen atoms in total. The number of nitrogens with one attached hydrogen (secondary N) is 1. The van der Waals surface area contributed by atoms with Crippen molar-refractivity contribution >= 4 is 34.9 Å². The van der Waals surface area contributed by atoms with Crippen LogP contribution in [0.2, 0.25) is 10.0 Å². The minimum Gasteiger partial charge on any atom is -0.388 e. The lowest BCUT2D eigenvalue weighted by atomic mass is 9.97. The Kier molecular flexibility index (Phi) is 4.47. The number of likely N-dealkylation sites (tertiary alicyclic amines) is 1. The van der Waals surface area contributed by atoms with Crippen LogP contribution in [0.5, 0.6) is 0 Å². The number of benzene rings is 1. The van der Waals surface area contributed by atoms with E-state index >= 15 is 0 Å². The third-order valence-electron chi connectivity index (χ3n) is 3.50. The highest BCUT2D eigenvalue weighted by Crippen LogP contribution is 2.29. The molecule has 0 radical (unpaired) electrons. The maximum atomic E-state index is 12.3. The van der Waals surface area contributed by atoms with Crippen LogP contribution in [0.25, 0.3) is 0 Å². The first-order valence-corrected chi connectivity index (χ1v) is 7.29. The zero-order valence-corrected chi connectivity index (χ0v) is 13.0. The van der Waals surface area contributed by atoms with Gasteiger partial charge in [0.15, 0.2) is 0 Å². The van der Waals surface area contributed by atoms with Gasteiger partial charge in [0.2, 0.25) is 0 Å². The molecule has 110 valence electrons. The Balaban J connectivity index is 2.14. The molecule has 1 fully saturated rings. The molecule has 2 rings (SSSR count). The first-order chi connectivity index (χ1) is 9.29. The van der Waals surface area contributed by atoms with Gasteiger partial charge in [-0.05, 0) is 44.9 Å². The fourth-order valence-electron chi connectivity index (χ4n) is 2.52. The summed E-state index contributed by atoms with van der Waals surface area (Å²) >= 11 is 11.9. The molecule has 1 aromatic carbocycles. The number of halogens is 2. The van der Waals surface area contributed by atoms with E-state index in [2.05, 4.69) is 5.32 Å². The van der Waals surface area contributed by atoms with Crippen molar-refractivity contribution < 1.29 is 9.90 Å². The van der Waals surface area contributed by atoms with Crippen molar-refractivity contribution in [1.29, 1.82) is 0 Å². The van der Waals surface area contributed by atoms with Crippen molar-refractivity contribution in [3.8, 4) is 0 Å². The van der Waals surface area contributed by atoms with Gasteiger partial charge in [-0.1, -0.05) is 23.2 Å². The average Bonchev–Trinajstić information content (AvgIpc) is 2.82. The van der Waals surface area contributed by atoms with Crippen LogP contribution in [0.3, 0.4) is 0 Å². The Hall–Kier alpha value is -0.970. The van der Waals surface area contributed by atoms with Crippen LogP contribution >= 0.6 is 23.2 Å². The molecule has 1 aliphatic rings. The van der Waals surface area contributed by atoms with Crippen LogP contribution in [-0.4, -0.2) is 34.2 Å². The molecule has 6 heteroatoms. The molecule has 20 heavy (non-hydrogen) atoms. The van der Waals surface area contributed by atoms with Crippen LogP contribution in [0.4, 0.5) is 10.5 Å². The summed E-state index contributed by atoms with van der Waals surface area (Å²) in [7, 11) is 0. The van der Waals surface area contributed by atoms with Crippen LogP contribution < -0.4 is 5.32 Å². The third kappa shape index (κ3) is 3.37.